The number of nitrogens with one attached hydrogen (secondary N) is 1. The highest BCUT2D eigenvalue weighted by molar-refractivity contribution is 5.77. The minimum Gasteiger partial charge on any atom is -0.348 e. The molecule has 3 heteroatoms. The second-order valence-corrected chi connectivity index (χ2v) is 4.10. The standard InChI is InChI=1S/C12H16N2O/c1-8-4-2-3-5-9(8)12-10(13)6-7-11(15)14-12/h2-5,10,12H,6-7,13H2,1H3,(H,14,15)/t10-,12+/m1/s1. The number of rotatable bonds is 1. The van der Waals surface area contributed by atoms with Gasteiger partial charge in [0.1, 0.15) is 0 Å². The molecule has 80 valence electrons. The average Bonchev–Trinajstić information content (AvgIpc) is 2.23. The Morgan fingerprint density at radius 3 is 2.87 bits per heavy atom. The first-order valence-electron chi connectivity index (χ1n) is 5.29. The van der Waals surface area contributed by atoms with Gasteiger partial charge in [0.05, 0.1) is 6.04 Å². The number of nitrogens with two attached hydrogens (primary N) is 1. The van der Waals surface area contributed by atoms with Gasteiger partial charge in [-0.2, -0.15) is 0 Å². The molecular weight excluding hydrogens is 188 g/mol. The summed E-state index contributed by atoms with van der Waals surface area (Å²) in [4.78, 5) is 11.3. The molecule has 1 heterocycles. The van der Waals surface area contributed by atoms with Gasteiger partial charge in [-0.05, 0) is 24.5 Å². The molecule has 0 aromatic heterocycles. The SMILES string of the molecule is Cc1ccccc1[C@@H]1NC(=O)CC[C@H]1N. The summed E-state index contributed by atoms with van der Waals surface area (Å²) < 4.78 is 0. The molecule has 0 radical (unpaired) electrons. The van der Waals surface area contributed by atoms with Crippen LogP contribution in [-0.2, 0) is 4.79 Å². The Kier molecular flexibility index (Phi) is 2.73. The van der Waals surface area contributed by atoms with Crippen LogP contribution in [0.15, 0.2) is 24.3 Å². The number of hydrogen-bond acceptors (Lipinski definition) is 2. The van der Waals surface area contributed by atoms with E-state index in [1.54, 1.807) is 0 Å². The summed E-state index contributed by atoms with van der Waals surface area (Å²) in [5.74, 6) is 0.102. The molecule has 2 rings (SSSR count). The number of hydrogen-bond donors (Lipinski definition) is 2. The van der Waals surface area contributed by atoms with Gasteiger partial charge in [-0.25, -0.2) is 0 Å². The van der Waals surface area contributed by atoms with E-state index in [4.69, 9.17) is 5.73 Å². The Bertz CT molecular complexity index is 376. The van der Waals surface area contributed by atoms with Crippen LogP contribution in [0.2, 0.25) is 0 Å². The third-order valence-electron chi connectivity index (χ3n) is 2.97. The molecule has 3 N–H and O–H groups in total. The number of benzene rings is 1. The number of amides is 1. The minimum atomic E-state index is -0.0209. The van der Waals surface area contributed by atoms with Crippen molar-refractivity contribution in [1.82, 2.24) is 5.32 Å². The lowest BCUT2D eigenvalue weighted by atomic mass is 9.90. The number of aryl methyl sites for hydroxylation is 1. The number of carbonyl (C=O) groups excluding carboxylic acids is 1. The van der Waals surface area contributed by atoms with E-state index in [1.165, 1.54) is 5.56 Å². The van der Waals surface area contributed by atoms with Gasteiger partial charge in [-0.1, -0.05) is 24.3 Å². The third-order valence-corrected chi connectivity index (χ3v) is 2.97. The maximum atomic E-state index is 11.3. The van der Waals surface area contributed by atoms with Crippen LogP contribution in [0.4, 0.5) is 0 Å². The molecule has 3 nitrogen and oxygen atoms in total. The van der Waals surface area contributed by atoms with Crippen molar-refractivity contribution in [2.75, 3.05) is 0 Å². The summed E-state index contributed by atoms with van der Waals surface area (Å²) in [6, 6.07) is 8.07. The third kappa shape index (κ3) is 2.02. The van der Waals surface area contributed by atoms with Crippen LogP contribution >= 0.6 is 0 Å². The monoisotopic (exact) mass is 204 g/mol. The van der Waals surface area contributed by atoms with Crippen molar-refractivity contribution in [3.05, 3.63) is 35.4 Å². The second-order valence-electron chi connectivity index (χ2n) is 4.10. The largest absolute Gasteiger partial charge is 0.348 e. The van der Waals surface area contributed by atoms with Gasteiger partial charge < -0.3 is 11.1 Å². The van der Waals surface area contributed by atoms with E-state index >= 15 is 0 Å². The lowest BCUT2D eigenvalue weighted by molar-refractivity contribution is -0.123. The van der Waals surface area contributed by atoms with Crippen molar-refractivity contribution in [3.8, 4) is 0 Å². The molecule has 1 amide bonds. The van der Waals surface area contributed by atoms with E-state index in [-0.39, 0.29) is 18.0 Å². The van der Waals surface area contributed by atoms with Gasteiger partial charge >= 0.3 is 0 Å². The summed E-state index contributed by atoms with van der Waals surface area (Å²) in [7, 11) is 0. The van der Waals surface area contributed by atoms with Gasteiger partial charge in [0.2, 0.25) is 5.91 Å². The van der Waals surface area contributed by atoms with E-state index < -0.39 is 0 Å². The van der Waals surface area contributed by atoms with Gasteiger partial charge in [-0.15, -0.1) is 0 Å². The number of carbonyl (C=O) groups is 1. The smallest absolute Gasteiger partial charge is 0.220 e. The van der Waals surface area contributed by atoms with Crippen molar-refractivity contribution in [3.63, 3.8) is 0 Å². The fourth-order valence-corrected chi connectivity index (χ4v) is 2.06. The molecule has 0 saturated carbocycles. The summed E-state index contributed by atoms with van der Waals surface area (Å²) in [5.41, 5.74) is 8.35. The van der Waals surface area contributed by atoms with E-state index in [9.17, 15) is 4.79 Å². The molecule has 0 spiro atoms. The minimum absolute atomic E-state index is 0.0209. The molecule has 0 aliphatic carbocycles. The quantitative estimate of drug-likeness (QED) is 0.724. The van der Waals surface area contributed by atoms with Crippen LogP contribution in [0.25, 0.3) is 0 Å². The normalized spacial score (nSPS) is 26.1. The fraction of sp³-hybridized carbons (Fsp3) is 0.417. The molecule has 0 bridgehead atoms. The summed E-state index contributed by atoms with van der Waals surface area (Å²) in [5, 5.41) is 2.96. The first kappa shape index (κ1) is 10.2. The average molecular weight is 204 g/mol. The molecule has 1 aromatic carbocycles. The topological polar surface area (TPSA) is 55.1 Å². The second kappa shape index (κ2) is 4.03. The first-order chi connectivity index (χ1) is 7.18. The summed E-state index contributed by atoms with van der Waals surface area (Å²) >= 11 is 0. The van der Waals surface area contributed by atoms with Crippen LogP contribution in [0.5, 0.6) is 0 Å². The molecule has 2 atom stereocenters. The predicted molar refractivity (Wildman–Crippen MR) is 59.3 cm³/mol. The van der Waals surface area contributed by atoms with Crippen molar-refractivity contribution >= 4 is 5.91 Å². The highest BCUT2D eigenvalue weighted by atomic mass is 16.1. The van der Waals surface area contributed by atoms with Gasteiger partial charge in [0, 0.05) is 12.5 Å². The van der Waals surface area contributed by atoms with Crippen LogP contribution in [0.3, 0.4) is 0 Å². The van der Waals surface area contributed by atoms with Crippen molar-refractivity contribution in [1.29, 1.82) is 0 Å². The predicted octanol–water partition coefficient (Wildman–Crippen LogP) is 1.27. The first-order valence-corrected chi connectivity index (χ1v) is 5.29. The number of piperidine rings is 1. The highest BCUT2D eigenvalue weighted by Crippen LogP contribution is 2.24. The molecule has 1 aromatic rings. The zero-order valence-corrected chi connectivity index (χ0v) is 8.86. The molecule has 1 fully saturated rings. The Morgan fingerprint density at radius 2 is 2.13 bits per heavy atom. The summed E-state index contributed by atoms with van der Waals surface area (Å²) in [6.07, 6.45) is 1.31. The Hall–Kier alpha value is -1.35. The molecule has 15 heavy (non-hydrogen) atoms. The van der Waals surface area contributed by atoms with Gasteiger partial charge in [0.15, 0.2) is 0 Å². The van der Waals surface area contributed by atoms with Crippen molar-refractivity contribution in [2.45, 2.75) is 31.8 Å². The van der Waals surface area contributed by atoms with E-state index in [1.807, 2.05) is 31.2 Å². The zero-order chi connectivity index (χ0) is 10.8. The fourth-order valence-electron chi connectivity index (χ4n) is 2.06. The lowest BCUT2D eigenvalue weighted by Gasteiger charge is -2.30. The molecular formula is C12H16N2O. The maximum Gasteiger partial charge on any atom is 0.220 e. The van der Waals surface area contributed by atoms with Crippen LogP contribution in [0, 0.1) is 6.92 Å². The van der Waals surface area contributed by atoms with E-state index in [0.29, 0.717) is 6.42 Å². The lowest BCUT2D eigenvalue weighted by Crippen LogP contribution is -2.46. The highest BCUT2D eigenvalue weighted by Gasteiger charge is 2.27. The van der Waals surface area contributed by atoms with Crippen LogP contribution < -0.4 is 11.1 Å². The van der Waals surface area contributed by atoms with Crippen LogP contribution in [-0.4, -0.2) is 11.9 Å². The Balaban J connectivity index is 2.29. The molecule has 0 unspecified atom stereocenters. The summed E-state index contributed by atoms with van der Waals surface area (Å²) in [6.45, 7) is 2.04. The Labute approximate surface area is 89.7 Å². The van der Waals surface area contributed by atoms with Crippen LogP contribution in [0.1, 0.15) is 30.0 Å². The Morgan fingerprint density at radius 1 is 1.40 bits per heavy atom. The molecule has 1 saturated heterocycles. The van der Waals surface area contributed by atoms with Crippen molar-refractivity contribution < 1.29 is 4.79 Å². The maximum absolute atomic E-state index is 11.3. The van der Waals surface area contributed by atoms with Gasteiger partial charge in [-0.3, -0.25) is 4.79 Å². The van der Waals surface area contributed by atoms with Gasteiger partial charge in [0.25, 0.3) is 0 Å². The molecule has 1 aliphatic rings. The van der Waals surface area contributed by atoms with Crippen molar-refractivity contribution in [2.24, 2.45) is 5.73 Å². The molecule has 1 aliphatic heterocycles. The van der Waals surface area contributed by atoms with E-state index in [2.05, 4.69) is 5.32 Å². The zero-order valence-electron chi connectivity index (χ0n) is 8.86. The van der Waals surface area contributed by atoms with E-state index in [0.717, 1.165) is 12.0 Å².